The number of nitrogens with zero attached hydrogens (tertiary/aromatic N) is 1. The minimum atomic E-state index is -0.525. The molecule has 0 aliphatic carbocycles. The highest BCUT2D eigenvalue weighted by Crippen LogP contribution is 2.01. The highest BCUT2D eigenvalue weighted by Gasteiger charge is 2.05. The lowest BCUT2D eigenvalue weighted by molar-refractivity contribution is -0.00570. The lowest BCUT2D eigenvalue weighted by atomic mass is 10.5. The number of rotatable bonds is 4. The summed E-state index contributed by atoms with van der Waals surface area (Å²) >= 11 is 0. The van der Waals surface area contributed by atoms with Crippen molar-refractivity contribution in [2.75, 3.05) is 13.2 Å². The Labute approximate surface area is 79.8 Å². The fourth-order valence-corrected chi connectivity index (χ4v) is 1.02. The highest BCUT2D eigenvalue weighted by molar-refractivity contribution is 4.83. The molecule has 1 rings (SSSR count). The van der Waals surface area contributed by atoms with Crippen LogP contribution in [0.1, 0.15) is 13.2 Å². The van der Waals surface area contributed by atoms with Crippen molar-refractivity contribution in [2.45, 2.75) is 13.2 Å². The minimum absolute atomic E-state index is 0.109. The minimum Gasteiger partial charge on any atom is -0.394 e. The van der Waals surface area contributed by atoms with Crippen LogP contribution in [0, 0.1) is 0 Å². The first-order chi connectivity index (χ1) is 6.65. The van der Waals surface area contributed by atoms with Gasteiger partial charge in [0.2, 0.25) is 0 Å². The molecule has 0 unspecified atom stereocenters. The summed E-state index contributed by atoms with van der Waals surface area (Å²) in [5.41, 5.74) is -0.969. The summed E-state index contributed by atoms with van der Waals surface area (Å²) in [6, 6.07) is 1.24. The molecular formula is C8H12N2O4. The van der Waals surface area contributed by atoms with E-state index < -0.39 is 17.5 Å². The van der Waals surface area contributed by atoms with Gasteiger partial charge in [-0.05, 0) is 6.92 Å². The molecular weight excluding hydrogens is 188 g/mol. The smallest absolute Gasteiger partial charge is 0.330 e. The SMILES string of the molecule is C[C@@H](OCCO)n1ccc(=O)[nH]c1=O. The highest BCUT2D eigenvalue weighted by atomic mass is 16.5. The summed E-state index contributed by atoms with van der Waals surface area (Å²) < 4.78 is 6.32. The van der Waals surface area contributed by atoms with Crippen molar-refractivity contribution in [2.24, 2.45) is 0 Å². The molecule has 0 aromatic carbocycles. The van der Waals surface area contributed by atoms with Gasteiger partial charge in [0.1, 0.15) is 6.23 Å². The normalized spacial score (nSPS) is 12.7. The molecule has 1 aromatic rings. The number of hydrogen-bond donors (Lipinski definition) is 2. The van der Waals surface area contributed by atoms with Crippen molar-refractivity contribution in [3.63, 3.8) is 0 Å². The second kappa shape index (κ2) is 4.73. The van der Waals surface area contributed by atoms with Crippen LogP contribution in [-0.4, -0.2) is 27.9 Å². The van der Waals surface area contributed by atoms with Crippen molar-refractivity contribution in [1.29, 1.82) is 0 Å². The zero-order chi connectivity index (χ0) is 10.6. The average molecular weight is 200 g/mol. The number of H-pyrrole nitrogens is 1. The van der Waals surface area contributed by atoms with Crippen LogP contribution in [0.15, 0.2) is 21.9 Å². The van der Waals surface area contributed by atoms with Gasteiger partial charge in [-0.25, -0.2) is 4.79 Å². The van der Waals surface area contributed by atoms with Crippen molar-refractivity contribution < 1.29 is 9.84 Å². The van der Waals surface area contributed by atoms with Gasteiger partial charge in [0.05, 0.1) is 13.2 Å². The predicted molar refractivity (Wildman–Crippen MR) is 49.1 cm³/mol. The molecule has 2 N–H and O–H groups in total. The molecule has 0 saturated carbocycles. The molecule has 0 bridgehead atoms. The molecule has 78 valence electrons. The maximum atomic E-state index is 11.2. The maximum absolute atomic E-state index is 11.2. The Balaban J connectivity index is 2.85. The Morgan fingerprint density at radius 3 is 2.93 bits per heavy atom. The second-order valence-corrected chi connectivity index (χ2v) is 2.71. The van der Waals surface area contributed by atoms with Gasteiger partial charge >= 0.3 is 5.69 Å². The lowest BCUT2D eigenvalue weighted by Crippen LogP contribution is -2.31. The second-order valence-electron chi connectivity index (χ2n) is 2.71. The Morgan fingerprint density at radius 2 is 2.36 bits per heavy atom. The first-order valence-corrected chi connectivity index (χ1v) is 4.19. The quantitative estimate of drug-likeness (QED) is 0.657. The maximum Gasteiger partial charge on any atom is 0.330 e. The van der Waals surface area contributed by atoms with Gasteiger partial charge in [-0.2, -0.15) is 0 Å². The molecule has 1 heterocycles. The fourth-order valence-electron chi connectivity index (χ4n) is 1.02. The van der Waals surface area contributed by atoms with Crippen LogP contribution < -0.4 is 11.2 Å². The molecule has 6 heteroatoms. The van der Waals surface area contributed by atoms with E-state index in [1.54, 1.807) is 6.92 Å². The number of nitrogens with one attached hydrogen (secondary N) is 1. The molecule has 0 amide bonds. The molecule has 0 aliphatic heterocycles. The van der Waals surface area contributed by atoms with E-state index >= 15 is 0 Å². The van der Waals surface area contributed by atoms with Crippen LogP contribution in [0.2, 0.25) is 0 Å². The van der Waals surface area contributed by atoms with Gasteiger partial charge in [-0.1, -0.05) is 0 Å². The van der Waals surface area contributed by atoms with Gasteiger partial charge in [0, 0.05) is 12.3 Å². The molecule has 0 aliphatic rings. The Bertz CT molecular complexity index is 395. The van der Waals surface area contributed by atoms with Crippen LogP contribution in [0.25, 0.3) is 0 Å². The van der Waals surface area contributed by atoms with Crippen LogP contribution in [-0.2, 0) is 4.74 Å². The summed E-state index contributed by atoms with van der Waals surface area (Å²) in [5.74, 6) is 0. The van der Waals surface area contributed by atoms with Crippen LogP contribution in [0.5, 0.6) is 0 Å². The topological polar surface area (TPSA) is 84.3 Å². The fraction of sp³-hybridized carbons (Fsp3) is 0.500. The number of aromatic amines is 1. The number of aliphatic hydroxyl groups excluding tert-OH is 1. The summed E-state index contributed by atoms with van der Waals surface area (Å²) in [6.45, 7) is 1.69. The van der Waals surface area contributed by atoms with Crippen LogP contribution >= 0.6 is 0 Å². The van der Waals surface area contributed by atoms with Crippen molar-refractivity contribution in [3.05, 3.63) is 33.1 Å². The zero-order valence-electron chi connectivity index (χ0n) is 7.77. The van der Waals surface area contributed by atoms with Crippen molar-refractivity contribution >= 4 is 0 Å². The summed E-state index contributed by atoms with van der Waals surface area (Å²) in [5, 5.41) is 8.51. The predicted octanol–water partition coefficient (Wildman–Crippen LogP) is -0.936. The molecule has 14 heavy (non-hydrogen) atoms. The third-order valence-corrected chi connectivity index (χ3v) is 1.69. The van der Waals surface area contributed by atoms with E-state index in [2.05, 4.69) is 4.98 Å². The van der Waals surface area contributed by atoms with Crippen LogP contribution in [0.4, 0.5) is 0 Å². The van der Waals surface area contributed by atoms with Crippen LogP contribution in [0.3, 0.4) is 0 Å². The van der Waals surface area contributed by atoms with E-state index in [1.807, 2.05) is 0 Å². The molecule has 1 atom stereocenters. The first-order valence-electron chi connectivity index (χ1n) is 4.19. The molecule has 0 fully saturated rings. The van der Waals surface area contributed by atoms with Gasteiger partial charge < -0.3 is 9.84 Å². The monoisotopic (exact) mass is 200 g/mol. The van der Waals surface area contributed by atoms with Crippen molar-refractivity contribution in [1.82, 2.24) is 9.55 Å². The van der Waals surface area contributed by atoms with Crippen molar-refractivity contribution in [3.8, 4) is 0 Å². The summed E-state index contributed by atoms with van der Waals surface area (Å²) in [4.78, 5) is 24.0. The molecule has 6 nitrogen and oxygen atoms in total. The molecule has 1 aromatic heterocycles. The number of ether oxygens (including phenoxy) is 1. The van der Waals surface area contributed by atoms with Gasteiger partial charge in [0.25, 0.3) is 5.56 Å². The Hall–Kier alpha value is -1.40. The van der Waals surface area contributed by atoms with Gasteiger partial charge in [-0.15, -0.1) is 0 Å². The Kier molecular flexibility index (Phi) is 3.61. The number of aromatic nitrogens is 2. The average Bonchev–Trinajstić information content (AvgIpc) is 2.14. The molecule has 0 spiro atoms. The molecule has 0 radical (unpaired) electrons. The lowest BCUT2D eigenvalue weighted by Gasteiger charge is -2.13. The van der Waals surface area contributed by atoms with Gasteiger partial charge in [-0.3, -0.25) is 14.3 Å². The number of hydrogen-bond acceptors (Lipinski definition) is 4. The van der Waals surface area contributed by atoms with E-state index in [4.69, 9.17) is 9.84 Å². The van der Waals surface area contributed by atoms with E-state index in [0.29, 0.717) is 0 Å². The number of aliphatic hydroxyl groups is 1. The van der Waals surface area contributed by atoms with Gasteiger partial charge in [0.15, 0.2) is 0 Å². The first kappa shape index (κ1) is 10.7. The zero-order valence-corrected chi connectivity index (χ0v) is 7.77. The largest absolute Gasteiger partial charge is 0.394 e. The Morgan fingerprint density at radius 1 is 1.64 bits per heavy atom. The third-order valence-electron chi connectivity index (χ3n) is 1.69. The van der Waals surface area contributed by atoms with E-state index in [1.165, 1.54) is 16.8 Å². The van der Waals surface area contributed by atoms with E-state index in [0.717, 1.165) is 0 Å². The van der Waals surface area contributed by atoms with E-state index in [-0.39, 0.29) is 13.2 Å². The van der Waals surface area contributed by atoms with E-state index in [9.17, 15) is 9.59 Å². The summed E-state index contributed by atoms with van der Waals surface area (Å²) in [7, 11) is 0. The third kappa shape index (κ3) is 2.54. The standard InChI is InChI=1S/C8H12N2O4/c1-6(14-5-4-11)10-3-2-7(12)9-8(10)13/h2-3,6,11H,4-5H2,1H3,(H,9,12,13)/t6-/m1/s1. The summed E-state index contributed by atoms with van der Waals surface area (Å²) in [6.07, 6.45) is 0.843. The molecule has 0 saturated heterocycles.